The van der Waals surface area contributed by atoms with Crippen molar-refractivity contribution in [3.8, 4) is 0 Å². The molecule has 1 rings (SSSR count). The van der Waals surface area contributed by atoms with Gasteiger partial charge in [0.1, 0.15) is 6.61 Å². The zero-order valence-electron chi connectivity index (χ0n) is 9.89. The summed E-state index contributed by atoms with van der Waals surface area (Å²) in [6.45, 7) is 0.561. The Kier molecular flexibility index (Phi) is 5.83. The molecule has 6 heteroatoms. The van der Waals surface area contributed by atoms with E-state index in [1.165, 1.54) is 0 Å². The molecule has 6 nitrogen and oxygen atoms in total. The van der Waals surface area contributed by atoms with Gasteiger partial charge in [0.2, 0.25) is 5.91 Å². The maximum atomic E-state index is 11.5. The van der Waals surface area contributed by atoms with Crippen LogP contribution in [0.25, 0.3) is 0 Å². The van der Waals surface area contributed by atoms with Crippen LogP contribution in [0.15, 0.2) is 24.3 Å². The van der Waals surface area contributed by atoms with E-state index in [4.69, 9.17) is 15.6 Å². The van der Waals surface area contributed by atoms with E-state index in [0.29, 0.717) is 24.4 Å². The smallest absolute Gasteiger partial charge is 0.307 e. The minimum absolute atomic E-state index is 0.0986. The lowest BCUT2D eigenvalue weighted by Crippen LogP contribution is -2.21. The van der Waals surface area contributed by atoms with Crippen molar-refractivity contribution >= 4 is 17.6 Å². The quantitative estimate of drug-likeness (QED) is 0.603. The SMILES string of the molecule is NCCOCC(=O)Nc1ccccc1CC(=O)O. The number of amides is 1. The zero-order chi connectivity index (χ0) is 13.4. The molecule has 18 heavy (non-hydrogen) atoms. The first-order valence-corrected chi connectivity index (χ1v) is 5.51. The van der Waals surface area contributed by atoms with Crippen LogP contribution in [0.3, 0.4) is 0 Å². The molecule has 0 aliphatic carbocycles. The van der Waals surface area contributed by atoms with Crippen LogP contribution in [0.4, 0.5) is 5.69 Å². The van der Waals surface area contributed by atoms with Crippen LogP contribution < -0.4 is 11.1 Å². The number of carboxylic acids is 1. The molecule has 4 N–H and O–H groups in total. The first-order chi connectivity index (χ1) is 8.63. The molecule has 0 heterocycles. The minimum Gasteiger partial charge on any atom is -0.481 e. The summed E-state index contributed by atoms with van der Waals surface area (Å²) in [5.41, 5.74) is 6.26. The summed E-state index contributed by atoms with van der Waals surface area (Å²) in [5.74, 6) is -1.28. The second-order valence-corrected chi connectivity index (χ2v) is 3.62. The summed E-state index contributed by atoms with van der Waals surface area (Å²) in [4.78, 5) is 22.2. The number of anilines is 1. The van der Waals surface area contributed by atoms with Crippen molar-refractivity contribution in [1.82, 2.24) is 0 Å². The Morgan fingerprint density at radius 3 is 2.72 bits per heavy atom. The fraction of sp³-hybridized carbons (Fsp3) is 0.333. The van der Waals surface area contributed by atoms with E-state index < -0.39 is 5.97 Å². The van der Waals surface area contributed by atoms with Crippen LogP contribution >= 0.6 is 0 Å². The predicted octanol–water partition coefficient (Wildman–Crippen LogP) is 0.227. The van der Waals surface area contributed by atoms with Crippen molar-refractivity contribution in [1.29, 1.82) is 0 Å². The Morgan fingerprint density at radius 1 is 1.33 bits per heavy atom. The second-order valence-electron chi connectivity index (χ2n) is 3.62. The van der Waals surface area contributed by atoms with Gasteiger partial charge in [-0.25, -0.2) is 0 Å². The zero-order valence-corrected chi connectivity index (χ0v) is 9.89. The lowest BCUT2D eigenvalue weighted by Gasteiger charge is -2.09. The van der Waals surface area contributed by atoms with Crippen LogP contribution in [0, 0.1) is 0 Å². The van der Waals surface area contributed by atoms with Crippen molar-refractivity contribution < 1.29 is 19.4 Å². The van der Waals surface area contributed by atoms with Crippen LogP contribution in [-0.2, 0) is 20.7 Å². The van der Waals surface area contributed by atoms with E-state index in [1.807, 2.05) is 0 Å². The van der Waals surface area contributed by atoms with Gasteiger partial charge in [-0.15, -0.1) is 0 Å². The molecule has 0 fully saturated rings. The van der Waals surface area contributed by atoms with Gasteiger partial charge >= 0.3 is 5.97 Å². The number of carbonyl (C=O) groups is 2. The van der Waals surface area contributed by atoms with Crippen LogP contribution in [0.2, 0.25) is 0 Å². The number of aliphatic carboxylic acids is 1. The van der Waals surface area contributed by atoms with Crippen molar-refractivity contribution in [3.05, 3.63) is 29.8 Å². The number of para-hydroxylation sites is 1. The summed E-state index contributed by atoms with van der Waals surface area (Å²) >= 11 is 0. The molecule has 0 saturated heterocycles. The topological polar surface area (TPSA) is 102 Å². The standard InChI is InChI=1S/C12H16N2O4/c13-5-6-18-8-11(15)14-10-4-2-1-3-9(10)7-12(16)17/h1-4H,5-8,13H2,(H,14,15)(H,16,17). The average Bonchev–Trinajstić information content (AvgIpc) is 2.31. The largest absolute Gasteiger partial charge is 0.481 e. The Bertz CT molecular complexity index is 420. The van der Waals surface area contributed by atoms with Gasteiger partial charge in [0.05, 0.1) is 13.0 Å². The molecule has 0 saturated carbocycles. The molecule has 0 unspecified atom stereocenters. The third kappa shape index (κ3) is 4.94. The van der Waals surface area contributed by atoms with E-state index in [2.05, 4.69) is 5.32 Å². The number of carbonyl (C=O) groups excluding carboxylic acids is 1. The molecule has 98 valence electrons. The first-order valence-electron chi connectivity index (χ1n) is 5.51. The van der Waals surface area contributed by atoms with Gasteiger partial charge in [-0.2, -0.15) is 0 Å². The van der Waals surface area contributed by atoms with Crippen LogP contribution in [0.5, 0.6) is 0 Å². The van der Waals surface area contributed by atoms with Crippen molar-refractivity contribution in [2.75, 3.05) is 25.1 Å². The maximum absolute atomic E-state index is 11.5. The van der Waals surface area contributed by atoms with Gasteiger partial charge in [-0.1, -0.05) is 18.2 Å². The number of ether oxygens (including phenoxy) is 1. The molecular formula is C12H16N2O4. The van der Waals surface area contributed by atoms with Gasteiger partial charge in [0, 0.05) is 12.2 Å². The highest BCUT2D eigenvalue weighted by Crippen LogP contribution is 2.15. The van der Waals surface area contributed by atoms with E-state index >= 15 is 0 Å². The van der Waals surface area contributed by atoms with Crippen molar-refractivity contribution in [2.45, 2.75) is 6.42 Å². The van der Waals surface area contributed by atoms with E-state index in [-0.39, 0.29) is 18.9 Å². The average molecular weight is 252 g/mol. The monoisotopic (exact) mass is 252 g/mol. The fourth-order valence-electron chi connectivity index (χ4n) is 1.39. The van der Waals surface area contributed by atoms with Crippen LogP contribution in [0.1, 0.15) is 5.56 Å². The Balaban J connectivity index is 2.60. The number of rotatable bonds is 7. The summed E-state index contributed by atoms with van der Waals surface area (Å²) in [6.07, 6.45) is -0.139. The minimum atomic E-state index is -0.948. The van der Waals surface area contributed by atoms with Gasteiger partial charge in [-0.05, 0) is 11.6 Å². The van der Waals surface area contributed by atoms with E-state index in [0.717, 1.165) is 0 Å². The summed E-state index contributed by atoms with van der Waals surface area (Å²) in [6, 6.07) is 6.75. The van der Waals surface area contributed by atoms with Crippen molar-refractivity contribution in [3.63, 3.8) is 0 Å². The molecule has 0 aliphatic rings. The highest BCUT2D eigenvalue weighted by Gasteiger charge is 2.09. The van der Waals surface area contributed by atoms with Crippen LogP contribution in [-0.4, -0.2) is 36.7 Å². The van der Waals surface area contributed by atoms with E-state index in [1.54, 1.807) is 24.3 Å². The highest BCUT2D eigenvalue weighted by atomic mass is 16.5. The molecule has 0 radical (unpaired) electrons. The summed E-state index contributed by atoms with van der Waals surface area (Å²) < 4.78 is 4.98. The first kappa shape index (κ1) is 14.1. The van der Waals surface area contributed by atoms with Crippen molar-refractivity contribution in [2.24, 2.45) is 5.73 Å². The van der Waals surface area contributed by atoms with Gasteiger partial charge in [0.15, 0.2) is 0 Å². The number of hydrogen-bond acceptors (Lipinski definition) is 4. The van der Waals surface area contributed by atoms with E-state index in [9.17, 15) is 9.59 Å². The lowest BCUT2D eigenvalue weighted by atomic mass is 10.1. The fourth-order valence-corrected chi connectivity index (χ4v) is 1.39. The third-order valence-corrected chi connectivity index (χ3v) is 2.13. The Labute approximate surface area is 105 Å². The molecule has 0 aromatic heterocycles. The molecule has 1 aromatic carbocycles. The number of hydrogen-bond donors (Lipinski definition) is 3. The number of carboxylic acid groups (broad SMARTS) is 1. The number of nitrogens with two attached hydrogens (primary N) is 1. The molecule has 1 aromatic rings. The Hall–Kier alpha value is -1.92. The van der Waals surface area contributed by atoms with Gasteiger partial charge in [0.25, 0.3) is 0 Å². The normalized spacial score (nSPS) is 10.1. The number of nitrogens with one attached hydrogen (secondary N) is 1. The predicted molar refractivity (Wildman–Crippen MR) is 66.3 cm³/mol. The summed E-state index contributed by atoms with van der Waals surface area (Å²) in [5, 5.41) is 11.4. The highest BCUT2D eigenvalue weighted by molar-refractivity contribution is 5.93. The third-order valence-electron chi connectivity index (χ3n) is 2.13. The molecular weight excluding hydrogens is 236 g/mol. The maximum Gasteiger partial charge on any atom is 0.307 e. The van der Waals surface area contributed by atoms with Gasteiger partial charge < -0.3 is 20.9 Å². The summed E-state index contributed by atoms with van der Waals surface area (Å²) in [7, 11) is 0. The molecule has 1 amide bonds. The Morgan fingerprint density at radius 2 is 2.06 bits per heavy atom. The molecule has 0 bridgehead atoms. The second kappa shape index (κ2) is 7.41. The molecule has 0 atom stereocenters. The molecule has 0 spiro atoms. The molecule has 0 aliphatic heterocycles. The number of benzene rings is 1. The van der Waals surface area contributed by atoms with Gasteiger partial charge in [-0.3, -0.25) is 9.59 Å². The lowest BCUT2D eigenvalue weighted by molar-refractivity contribution is -0.136.